The molecule has 0 unspecified atom stereocenters. The van der Waals surface area contributed by atoms with Gasteiger partial charge in [-0.15, -0.1) is 0 Å². The van der Waals surface area contributed by atoms with Gasteiger partial charge in [-0.1, -0.05) is 29.6 Å². The Bertz CT molecular complexity index is 726. The first kappa shape index (κ1) is 18.0. The number of nitrogens with zero attached hydrogens (tertiary/aromatic N) is 2. The molecule has 1 N–H and O–H groups in total. The van der Waals surface area contributed by atoms with E-state index in [9.17, 15) is 4.79 Å². The molecule has 0 radical (unpaired) electrons. The Hall–Kier alpha value is -1.76. The summed E-state index contributed by atoms with van der Waals surface area (Å²) in [4.78, 5) is 14.5. The highest BCUT2D eigenvalue weighted by molar-refractivity contribution is 6.35. The molecule has 2 aromatic rings. The number of ether oxygens (including phenoxy) is 1. The van der Waals surface area contributed by atoms with Crippen molar-refractivity contribution < 1.29 is 14.1 Å². The molecule has 1 saturated carbocycles. The zero-order chi connectivity index (χ0) is 17.8. The molecule has 1 amide bonds. The Morgan fingerprint density at radius 3 is 2.68 bits per heavy atom. The van der Waals surface area contributed by atoms with Crippen LogP contribution in [0.5, 0.6) is 5.88 Å². The summed E-state index contributed by atoms with van der Waals surface area (Å²) >= 11 is 11.8. The van der Waals surface area contributed by atoms with Crippen molar-refractivity contribution >= 4 is 34.8 Å². The van der Waals surface area contributed by atoms with Crippen molar-refractivity contribution in [2.45, 2.75) is 25.3 Å². The molecule has 1 aliphatic carbocycles. The predicted octanol–water partition coefficient (Wildman–Crippen LogP) is 4.10. The quantitative estimate of drug-likeness (QED) is 0.779. The molecule has 1 heterocycles. The van der Waals surface area contributed by atoms with Crippen LogP contribution in [-0.4, -0.2) is 42.2 Å². The Morgan fingerprint density at radius 2 is 2.04 bits per heavy atom. The molecule has 0 spiro atoms. The molecule has 134 valence electrons. The third-order valence-electron chi connectivity index (χ3n) is 4.22. The van der Waals surface area contributed by atoms with Crippen molar-refractivity contribution in [3.05, 3.63) is 40.1 Å². The number of benzene rings is 1. The lowest BCUT2D eigenvalue weighted by molar-refractivity contribution is 0.0987. The number of anilines is 1. The number of carbonyl (C=O) groups excluding carboxylic acids is 1. The molecule has 1 aromatic heterocycles. The van der Waals surface area contributed by atoms with E-state index in [2.05, 4.69) is 22.4 Å². The summed E-state index contributed by atoms with van der Waals surface area (Å²) in [6.45, 7) is 1.30. The van der Waals surface area contributed by atoms with Gasteiger partial charge in [0.05, 0.1) is 6.07 Å². The molecule has 8 heteroatoms. The lowest BCUT2D eigenvalue weighted by Crippen LogP contribution is -2.39. The summed E-state index contributed by atoms with van der Waals surface area (Å²) in [5, 5.41) is 7.27. The second kappa shape index (κ2) is 8.08. The van der Waals surface area contributed by atoms with E-state index < -0.39 is 5.91 Å². The van der Waals surface area contributed by atoms with Gasteiger partial charge >= 0.3 is 0 Å². The fourth-order valence-electron chi connectivity index (χ4n) is 2.56. The monoisotopic (exact) mass is 383 g/mol. The smallest absolute Gasteiger partial charge is 0.294 e. The summed E-state index contributed by atoms with van der Waals surface area (Å²) < 4.78 is 10.6. The Labute approximate surface area is 156 Å². The van der Waals surface area contributed by atoms with Crippen LogP contribution >= 0.6 is 23.2 Å². The van der Waals surface area contributed by atoms with E-state index in [0.717, 1.165) is 6.54 Å². The van der Waals surface area contributed by atoms with E-state index in [4.69, 9.17) is 32.5 Å². The lowest BCUT2D eigenvalue weighted by Gasteiger charge is -2.34. The second-order valence-electron chi connectivity index (χ2n) is 6.06. The van der Waals surface area contributed by atoms with Gasteiger partial charge in [0.15, 0.2) is 0 Å². The Morgan fingerprint density at radius 1 is 1.32 bits per heavy atom. The topological polar surface area (TPSA) is 67.6 Å². The highest BCUT2D eigenvalue weighted by atomic mass is 35.5. The average Bonchev–Trinajstić information content (AvgIpc) is 2.93. The van der Waals surface area contributed by atoms with Gasteiger partial charge in [0.1, 0.15) is 6.61 Å². The van der Waals surface area contributed by atoms with Crippen LogP contribution < -0.4 is 10.1 Å². The van der Waals surface area contributed by atoms with Crippen molar-refractivity contribution in [1.82, 2.24) is 10.1 Å². The number of aromatic nitrogens is 1. The number of amides is 1. The standard InChI is InChI=1S/C17H19Cl2N3O3/c1-22(14-3-2-4-14)5-6-24-16-10-15(25-21-16)17(23)20-13-8-11(18)7-12(19)9-13/h7-10,14H,2-6H2,1H3,(H,20,23). The average molecular weight is 384 g/mol. The third kappa shape index (κ3) is 4.87. The van der Waals surface area contributed by atoms with Crippen LogP contribution in [0.4, 0.5) is 5.69 Å². The van der Waals surface area contributed by atoms with Crippen molar-refractivity contribution in [3.63, 3.8) is 0 Å². The minimum Gasteiger partial charge on any atom is -0.474 e. The number of hydrogen-bond acceptors (Lipinski definition) is 5. The van der Waals surface area contributed by atoms with Crippen LogP contribution in [0.3, 0.4) is 0 Å². The molecule has 6 nitrogen and oxygen atoms in total. The molecule has 0 atom stereocenters. The van der Waals surface area contributed by atoms with Gasteiger partial charge in [0, 0.05) is 28.3 Å². The highest BCUT2D eigenvalue weighted by Crippen LogP contribution is 2.24. The first-order valence-corrected chi connectivity index (χ1v) is 8.84. The fourth-order valence-corrected chi connectivity index (χ4v) is 3.08. The number of nitrogens with one attached hydrogen (secondary N) is 1. The summed E-state index contributed by atoms with van der Waals surface area (Å²) in [7, 11) is 2.09. The normalized spacial score (nSPS) is 14.4. The number of hydrogen-bond donors (Lipinski definition) is 1. The van der Waals surface area contributed by atoms with E-state index in [1.165, 1.54) is 25.3 Å². The number of carbonyl (C=O) groups is 1. The minimum atomic E-state index is -0.452. The third-order valence-corrected chi connectivity index (χ3v) is 4.66. The second-order valence-corrected chi connectivity index (χ2v) is 6.93. The summed E-state index contributed by atoms with van der Waals surface area (Å²) in [5.74, 6) is -0.109. The van der Waals surface area contributed by atoms with Crippen molar-refractivity contribution in [1.29, 1.82) is 0 Å². The predicted molar refractivity (Wildman–Crippen MR) is 96.7 cm³/mol. The minimum absolute atomic E-state index is 0.0541. The molecule has 25 heavy (non-hydrogen) atoms. The van der Waals surface area contributed by atoms with Gasteiger partial charge in [-0.05, 0) is 43.2 Å². The van der Waals surface area contributed by atoms with Gasteiger partial charge < -0.3 is 19.5 Å². The molecule has 0 saturated heterocycles. The van der Waals surface area contributed by atoms with Gasteiger partial charge in [-0.2, -0.15) is 0 Å². The SMILES string of the molecule is CN(CCOc1cc(C(=O)Nc2cc(Cl)cc(Cl)c2)on1)C1CCC1. The first-order chi connectivity index (χ1) is 12.0. The Balaban J connectivity index is 1.50. The summed E-state index contributed by atoms with van der Waals surface area (Å²) in [5.41, 5.74) is 0.475. The van der Waals surface area contributed by atoms with E-state index >= 15 is 0 Å². The molecular weight excluding hydrogens is 365 g/mol. The maximum absolute atomic E-state index is 12.2. The number of rotatable bonds is 7. The molecule has 0 bridgehead atoms. The molecule has 3 rings (SSSR count). The molecule has 0 aliphatic heterocycles. The van der Waals surface area contributed by atoms with Crippen LogP contribution in [-0.2, 0) is 0 Å². The van der Waals surface area contributed by atoms with Gasteiger partial charge in [0.2, 0.25) is 5.76 Å². The molecule has 1 fully saturated rings. The maximum atomic E-state index is 12.2. The largest absolute Gasteiger partial charge is 0.474 e. The van der Waals surface area contributed by atoms with E-state index in [0.29, 0.717) is 28.4 Å². The molecule has 1 aromatic carbocycles. The maximum Gasteiger partial charge on any atom is 0.294 e. The number of likely N-dealkylation sites (N-methyl/N-ethyl adjacent to an activating group) is 1. The van der Waals surface area contributed by atoms with Crippen molar-refractivity contribution in [3.8, 4) is 5.88 Å². The number of halogens is 2. The van der Waals surface area contributed by atoms with Crippen molar-refractivity contribution in [2.75, 3.05) is 25.5 Å². The zero-order valence-corrected chi connectivity index (χ0v) is 15.3. The van der Waals surface area contributed by atoms with Crippen molar-refractivity contribution in [2.24, 2.45) is 0 Å². The van der Waals surface area contributed by atoms with Crippen LogP contribution in [0.2, 0.25) is 10.0 Å². The lowest BCUT2D eigenvalue weighted by atomic mass is 9.92. The fraction of sp³-hybridized carbons (Fsp3) is 0.412. The summed E-state index contributed by atoms with van der Waals surface area (Å²) in [6, 6.07) is 6.89. The zero-order valence-electron chi connectivity index (χ0n) is 13.8. The van der Waals surface area contributed by atoms with Gasteiger partial charge in [0.25, 0.3) is 11.8 Å². The van der Waals surface area contributed by atoms with Gasteiger partial charge in [-0.25, -0.2) is 0 Å². The van der Waals surface area contributed by atoms with Crippen LogP contribution in [0.15, 0.2) is 28.8 Å². The summed E-state index contributed by atoms with van der Waals surface area (Å²) in [6.07, 6.45) is 3.80. The molecule has 1 aliphatic rings. The Kier molecular flexibility index (Phi) is 5.83. The van der Waals surface area contributed by atoms with Crippen LogP contribution in [0.25, 0.3) is 0 Å². The van der Waals surface area contributed by atoms with E-state index in [1.807, 2.05) is 0 Å². The van der Waals surface area contributed by atoms with Crippen LogP contribution in [0, 0.1) is 0 Å². The highest BCUT2D eigenvalue weighted by Gasteiger charge is 2.21. The first-order valence-electron chi connectivity index (χ1n) is 8.08. The van der Waals surface area contributed by atoms with E-state index in [1.54, 1.807) is 18.2 Å². The molecular formula is C17H19Cl2N3O3. The van der Waals surface area contributed by atoms with Crippen LogP contribution in [0.1, 0.15) is 29.8 Å². The van der Waals surface area contributed by atoms with E-state index in [-0.39, 0.29) is 11.6 Å². The van der Waals surface area contributed by atoms with Gasteiger partial charge in [-0.3, -0.25) is 4.79 Å².